The van der Waals surface area contributed by atoms with Gasteiger partial charge in [0, 0.05) is 12.8 Å². The lowest BCUT2D eigenvalue weighted by Gasteiger charge is -2.09. The molecule has 0 radical (unpaired) electrons. The number of urea groups is 1. The molecule has 0 fully saturated rings. The third-order valence-electron chi connectivity index (χ3n) is 1.94. The molecular weight excluding hydrogens is 240 g/mol. The van der Waals surface area contributed by atoms with Gasteiger partial charge in [-0.15, -0.1) is 6.58 Å². The van der Waals surface area contributed by atoms with E-state index in [4.69, 9.17) is 0 Å². The molecule has 0 spiro atoms. The number of carbonyl (C=O) groups is 1. The van der Waals surface area contributed by atoms with Crippen LogP contribution in [0.15, 0.2) is 41.8 Å². The molecule has 1 rings (SSSR count). The molecule has 0 heterocycles. The van der Waals surface area contributed by atoms with Crippen LogP contribution in [0.5, 0.6) is 0 Å². The Morgan fingerprint density at radius 2 is 2.06 bits per heavy atom. The summed E-state index contributed by atoms with van der Waals surface area (Å²) in [4.78, 5) is 11.5. The molecule has 0 bridgehead atoms. The first kappa shape index (κ1) is 13.2. The maximum absolute atomic E-state index is 11.5. The number of benzene rings is 1. The summed E-state index contributed by atoms with van der Waals surface area (Å²) in [6.45, 7) is 3.77. The molecule has 1 aromatic carbocycles. The van der Waals surface area contributed by atoms with E-state index >= 15 is 0 Å². The Morgan fingerprint density at radius 3 is 2.65 bits per heavy atom. The first-order valence-corrected chi connectivity index (χ1v) is 6.79. The number of hydrogen-bond acceptors (Lipinski definition) is 3. The van der Waals surface area contributed by atoms with Gasteiger partial charge < -0.3 is 10.6 Å². The van der Waals surface area contributed by atoms with E-state index in [9.17, 15) is 13.2 Å². The highest BCUT2D eigenvalue weighted by Gasteiger charge is 2.13. The lowest BCUT2D eigenvalue weighted by atomic mass is 10.3. The van der Waals surface area contributed by atoms with Gasteiger partial charge in [0.05, 0.1) is 10.6 Å². The molecule has 0 atom stereocenters. The van der Waals surface area contributed by atoms with Crippen LogP contribution in [-0.4, -0.2) is 27.2 Å². The number of anilines is 1. The Bertz CT molecular complexity index is 523. The van der Waals surface area contributed by atoms with E-state index in [0.717, 1.165) is 6.26 Å². The van der Waals surface area contributed by atoms with Crippen molar-refractivity contribution in [3.63, 3.8) is 0 Å². The molecule has 2 amide bonds. The fraction of sp³-hybridized carbons (Fsp3) is 0.182. The molecule has 92 valence electrons. The summed E-state index contributed by atoms with van der Waals surface area (Å²) in [6.07, 6.45) is 2.62. The molecule has 17 heavy (non-hydrogen) atoms. The Kier molecular flexibility index (Phi) is 4.28. The van der Waals surface area contributed by atoms with Gasteiger partial charge in [-0.1, -0.05) is 18.2 Å². The van der Waals surface area contributed by atoms with E-state index < -0.39 is 15.9 Å². The van der Waals surface area contributed by atoms with Crippen molar-refractivity contribution in [1.29, 1.82) is 0 Å². The van der Waals surface area contributed by atoms with Gasteiger partial charge in [0.15, 0.2) is 9.84 Å². The fourth-order valence-corrected chi connectivity index (χ4v) is 2.07. The highest BCUT2D eigenvalue weighted by molar-refractivity contribution is 7.90. The Morgan fingerprint density at radius 1 is 1.41 bits per heavy atom. The molecular formula is C11H14N2O3S. The second-order valence-corrected chi connectivity index (χ2v) is 5.38. The van der Waals surface area contributed by atoms with Gasteiger partial charge in [-0.2, -0.15) is 0 Å². The second-order valence-electron chi connectivity index (χ2n) is 3.39. The molecule has 0 unspecified atom stereocenters. The maximum atomic E-state index is 11.5. The number of para-hydroxylation sites is 1. The van der Waals surface area contributed by atoms with Gasteiger partial charge >= 0.3 is 6.03 Å². The molecule has 1 aromatic rings. The zero-order chi connectivity index (χ0) is 12.9. The predicted molar refractivity (Wildman–Crippen MR) is 66.8 cm³/mol. The summed E-state index contributed by atoms with van der Waals surface area (Å²) in [5.74, 6) is 0. The molecule has 0 aromatic heterocycles. The summed E-state index contributed by atoms with van der Waals surface area (Å²) in [5, 5.41) is 4.97. The van der Waals surface area contributed by atoms with Crippen LogP contribution in [0.2, 0.25) is 0 Å². The standard InChI is InChI=1S/C11H14N2O3S/c1-3-8-12-11(14)13-9-6-4-5-7-10(9)17(2,15)16/h3-7H,1,8H2,2H3,(H2,12,13,14). The van der Waals surface area contributed by atoms with Gasteiger partial charge in [-0.25, -0.2) is 13.2 Å². The van der Waals surface area contributed by atoms with Crippen LogP contribution in [0.1, 0.15) is 0 Å². The number of sulfone groups is 1. The van der Waals surface area contributed by atoms with Crippen LogP contribution in [0.25, 0.3) is 0 Å². The van der Waals surface area contributed by atoms with Crippen LogP contribution >= 0.6 is 0 Å². The summed E-state index contributed by atoms with van der Waals surface area (Å²) in [5.41, 5.74) is 0.261. The lowest BCUT2D eigenvalue weighted by Crippen LogP contribution is -2.29. The van der Waals surface area contributed by atoms with E-state index in [-0.39, 0.29) is 10.6 Å². The van der Waals surface area contributed by atoms with E-state index in [1.165, 1.54) is 18.2 Å². The predicted octanol–water partition coefficient (Wildman–Crippen LogP) is 1.40. The van der Waals surface area contributed by atoms with E-state index in [1.807, 2.05) is 0 Å². The van der Waals surface area contributed by atoms with Crippen LogP contribution in [0, 0.1) is 0 Å². The average molecular weight is 254 g/mol. The highest BCUT2D eigenvalue weighted by atomic mass is 32.2. The van der Waals surface area contributed by atoms with E-state index in [2.05, 4.69) is 17.2 Å². The smallest absolute Gasteiger partial charge is 0.319 e. The normalized spacial score (nSPS) is 10.6. The largest absolute Gasteiger partial charge is 0.334 e. The average Bonchev–Trinajstić information content (AvgIpc) is 2.25. The van der Waals surface area contributed by atoms with Crippen molar-refractivity contribution in [2.24, 2.45) is 0 Å². The van der Waals surface area contributed by atoms with Crippen molar-refractivity contribution in [3.8, 4) is 0 Å². The van der Waals surface area contributed by atoms with Crippen molar-refractivity contribution >= 4 is 21.6 Å². The monoisotopic (exact) mass is 254 g/mol. The van der Waals surface area contributed by atoms with Crippen molar-refractivity contribution in [2.45, 2.75) is 4.90 Å². The topological polar surface area (TPSA) is 75.3 Å². The molecule has 0 aliphatic heterocycles. The fourth-order valence-electron chi connectivity index (χ4n) is 1.22. The highest BCUT2D eigenvalue weighted by Crippen LogP contribution is 2.20. The minimum atomic E-state index is -3.36. The Hall–Kier alpha value is -1.82. The first-order chi connectivity index (χ1) is 7.95. The second kappa shape index (κ2) is 5.49. The number of amides is 2. The van der Waals surface area contributed by atoms with Crippen LogP contribution < -0.4 is 10.6 Å². The minimum absolute atomic E-state index is 0.0914. The van der Waals surface area contributed by atoms with Crippen molar-refractivity contribution in [2.75, 3.05) is 18.1 Å². The van der Waals surface area contributed by atoms with E-state index in [1.54, 1.807) is 12.1 Å². The molecule has 0 saturated heterocycles. The molecule has 2 N–H and O–H groups in total. The molecule has 0 saturated carbocycles. The van der Waals surface area contributed by atoms with Gasteiger partial charge in [0.1, 0.15) is 0 Å². The lowest BCUT2D eigenvalue weighted by molar-refractivity contribution is 0.253. The summed E-state index contributed by atoms with van der Waals surface area (Å²) < 4.78 is 22.9. The number of nitrogens with one attached hydrogen (secondary N) is 2. The number of carbonyl (C=O) groups excluding carboxylic acids is 1. The molecule has 5 nitrogen and oxygen atoms in total. The minimum Gasteiger partial charge on any atom is -0.334 e. The Labute approximate surface area is 100 Å². The third-order valence-corrected chi connectivity index (χ3v) is 3.10. The van der Waals surface area contributed by atoms with Gasteiger partial charge in [0.2, 0.25) is 0 Å². The summed E-state index contributed by atoms with van der Waals surface area (Å²) in [6, 6.07) is 5.75. The zero-order valence-corrected chi connectivity index (χ0v) is 10.3. The van der Waals surface area contributed by atoms with E-state index in [0.29, 0.717) is 6.54 Å². The van der Waals surface area contributed by atoms with Crippen LogP contribution in [-0.2, 0) is 9.84 Å². The van der Waals surface area contributed by atoms with Gasteiger partial charge in [-0.05, 0) is 12.1 Å². The van der Waals surface area contributed by atoms with Crippen molar-refractivity contribution in [3.05, 3.63) is 36.9 Å². The zero-order valence-electron chi connectivity index (χ0n) is 9.43. The summed E-state index contributed by atoms with van der Waals surface area (Å²) >= 11 is 0. The van der Waals surface area contributed by atoms with Gasteiger partial charge in [0.25, 0.3) is 0 Å². The van der Waals surface area contributed by atoms with Crippen molar-refractivity contribution in [1.82, 2.24) is 5.32 Å². The molecule has 0 aliphatic carbocycles. The number of hydrogen-bond donors (Lipinski definition) is 2. The Balaban J connectivity index is 2.92. The SMILES string of the molecule is C=CCNC(=O)Nc1ccccc1S(C)(=O)=O. The van der Waals surface area contributed by atoms with Gasteiger partial charge in [-0.3, -0.25) is 0 Å². The summed E-state index contributed by atoms with van der Waals surface area (Å²) in [7, 11) is -3.36. The maximum Gasteiger partial charge on any atom is 0.319 e. The molecule has 0 aliphatic rings. The third kappa shape index (κ3) is 3.92. The first-order valence-electron chi connectivity index (χ1n) is 4.90. The van der Waals surface area contributed by atoms with Crippen molar-refractivity contribution < 1.29 is 13.2 Å². The molecule has 6 heteroatoms. The number of rotatable bonds is 4. The quantitative estimate of drug-likeness (QED) is 0.797. The van der Waals surface area contributed by atoms with Crippen LogP contribution in [0.3, 0.4) is 0 Å². The van der Waals surface area contributed by atoms with Crippen LogP contribution in [0.4, 0.5) is 10.5 Å².